The van der Waals surface area contributed by atoms with Crippen LogP contribution in [-0.2, 0) is 0 Å². The highest BCUT2D eigenvalue weighted by molar-refractivity contribution is 7.63. The Balaban J connectivity index is 3.22. The predicted molar refractivity (Wildman–Crippen MR) is 104 cm³/mol. The molecule has 0 unspecified atom stereocenters. The van der Waals surface area contributed by atoms with E-state index in [-0.39, 0.29) is 10.1 Å². The third kappa shape index (κ3) is 2.89. The fourth-order valence-corrected chi connectivity index (χ4v) is 29.1. The van der Waals surface area contributed by atoms with Gasteiger partial charge in [-0.05, 0) is 23.2 Å². The maximum Gasteiger partial charge on any atom is 0.211 e. The lowest BCUT2D eigenvalue weighted by Gasteiger charge is -2.70. The molecule has 1 aliphatic rings. The van der Waals surface area contributed by atoms with E-state index in [1.807, 2.05) is 0 Å². The molecule has 126 valence electrons. The third-order valence-corrected chi connectivity index (χ3v) is 32.8. The van der Waals surface area contributed by atoms with Crippen molar-refractivity contribution in [3.05, 3.63) is 0 Å². The summed E-state index contributed by atoms with van der Waals surface area (Å²) in [6, 6.07) is 0. The van der Waals surface area contributed by atoms with Gasteiger partial charge in [-0.2, -0.15) is 4.20 Å². The first-order valence-corrected chi connectivity index (χ1v) is 17.9. The van der Waals surface area contributed by atoms with Gasteiger partial charge in [0.2, 0.25) is 8.53 Å². The summed E-state index contributed by atoms with van der Waals surface area (Å²) >= 11 is 0. The quantitative estimate of drug-likeness (QED) is 0.406. The highest BCUT2D eigenvalue weighted by Gasteiger charge is 2.68. The lowest BCUT2D eigenvalue weighted by atomic mass is 10.2. The number of nitrogens with zero attached hydrogens (tertiary/aromatic N) is 2. The molecule has 1 fully saturated rings. The number of hydrogen-bond acceptors (Lipinski definition) is 2. The predicted octanol–water partition coefficient (Wildman–Crippen LogP) is 6.51. The van der Waals surface area contributed by atoms with E-state index in [0.29, 0.717) is 0 Å². The van der Waals surface area contributed by atoms with E-state index in [0.717, 1.165) is 0 Å². The van der Waals surface area contributed by atoms with Crippen molar-refractivity contribution in [3.8, 4) is 0 Å². The Kier molecular flexibility index (Phi) is 4.96. The molecule has 0 bridgehead atoms. The fraction of sp³-hybridized carbons (Fsp3) is 1.00. The molecule has 0 spiro atoms. The minimum Gasteiger partial charge on any atom is -0.274 e. The largest absolute Gasteiger partial charge is 0.274 e. The maximum absolute atomic E-state index is 15.4. The molecular formula is C14H36FN2PSi3. The molecule has 21 heavy (non-hydrogen) atoms. The molecule has 0 aromatic carbocycles. The Bertz CT molecular complexity index is 377. The van der Waals surface area contributed by atoms with Gasteiger partial charge in [0.05, 0.1) is 0 Å². The maximum atomic E-state index is 15.4. The summed E-state index contributed by atoms with van der Waals surface area (Å²) in [5.74, 6) is 0. The van der Waals surface area contributed by atoms with Crippen molar-refractivity contribution >= 4 is 33.4 Å². The van der Waals surface area contributed by atoms with Gasteiger partial charge in [-0.25, -0.2) is 0 Å². The van der Waals surface area contributed by atoms with Crippen molar-refractivity contribution < 1.29 is 4.20 Å². The summed E-state index contributed by atoms with van der Waals surface area (Å²) in [6.07, 6.45) is 0. The molecule has 0 radical (unpaired) electrons. The summed E-state index contributed by atoms with van der Waals surface area (Å²) in [5, 5.41) is 0.424. The van der Waals surface area contributed by atoms with Gasteiger partial charge in [-0.3, -0.25) is 8.00 Å². The highest BCUT2D eigenvalue weighted by Crippen LogP contribution is 2.70. The van der Waals surface area contributed by atoms with E-state index in [1.54, 1.807) is 0 Å². The molecule has 0 saturated carbocycles. The van der Waals surface area contributed by atoms with Gasteiger partial charge in [-0.1, -0.05) is 67.7 Å². The molecule has 1 saturated heterocycles. The Morgan fingerprint density at radius 3 is 1.14 bits per heavy atom. The van der Waals surface area contributed by atoms with Crippen LogP contribution in [0.3, 0.4) is 0 Å². The first-order chi connectivity index (χ1) is 8.90. The van der Waals surface area contributed by atoms with Crippen LogP contribution in [0.2, 0.25) is 49.4 Å². The van der Waals surface area contributed by atoms with Crippen LogP contribution >= 0.6 is 8.53 Å². The summed E-state index contributed by atoms with van der Waals surface area (Å²) in [7, 11) is -6.94. The number of rotatable bonds is 2. The molecule has 0 aliphatic carbocycles. The first-order valence-electron chi connectivity index (χ1n) is 7.96. The third-order valence-electron chi connectivity index (χ3n) is 6.10. The molecule has 1 aliphatic heterocycles. The van der Waals surface area contributed by atoms with Crippen molar-refractivity contribution in [1.82, 2.24) is 8.00 Å². The van der Waals surface area contributed by atoms with E-state index < -0.39 is 33.4 Å². The normalized spacial score (nSPS) is 23.3. The summed E-state index contributed by atoms with van der Waals surface area (Å²) < 4.78 is 20.2. The average Bonchev–Trinajstić information content (AvgIpc) is 2.10. The van der Waals surface area contributed by atoms with E-state index in [4.69, 9.17) is 0 Å². The second-order valence-corrected chi connectivity index (χ2v) is 27.7. The van der Waals surface area contributed by atoms with Gasteiger partial charge in [0, 0.05) is 0 Å². The highest BCUT2D eigenvalue weighted by atomic mass is 31.2. The Labute approximate surface area is 136 Å². The summed E-state index contributed by atoms with van der Waals surface area (Å²) in [5.41, 5.74) is 0. The van der Waals surface area contributed by atoms with Crippen molar-refractivity contribution in [2.75, 3.05) is 0 Å². The van der Waals surface area contributed by atoms with Crippen LogP contribution in [0.5, 0.6) is 0 Å². The van der Waals surface area contributed by atoms with Crippen LogP contribution in [0.1, 0.15) is 41.5 Å². The molecule has 0 aromatic heterocycles. The minimum absolute atomic E-state index is 0.212. The van der Waals surface area contributed by atoms with Crippen molar-refractivity contribution in [2.45, 2.75) is 90.9 Å². The molecule has 2 nitrogen and oxygen atoms in total. The second-order valence-electron chi connectivity index (χ2n) is 9.98. The first kappa shape index (κ1) is 20.0. The lowest BCUT2D eigenvalue weighted by Crippen LogP contribution is -2.82. The molecule has 0 aromatic rings. The number of hydrogen-bond donors (Lipinski definition) is 0. The standard InChI is InChI=1S/C14H36FN2PSi3/c1-13(2,3)19(7,8)16-18(15)17(21(16,11)12)20(9,10)14(4,5)6/h1-12H3. The zero-order chi connectivity index (χ0) is 17.2. The van der Waals surface area contributed by atoms with Crippen LogP contribution in [0, 0.1) is 0 Å². The van der Waals surface area contributed by atoms with E-state index in [2.05, 4.69) is 88.8 Å². The number of halogens is 1. The zero-order valence-electron chi connectivity index (χ0n) is 16.2. The van der Waals surface area contributed by atoms with E-state index in [9.17, 15) is 0 Å². The van der Waals surface area contributed by atoms with Gasteiger partial charge in [0.15, 0.2) is 8.40 Å². The van der Waals surface area contributed by atoms with Gasteiger partial charge in [0.25, 0.3) is 0 Å². The Hall–Kier alpha value is 0.931. The van der Waals surface area contributed by atoms with Crippen LogP contribution in [-0.4, -0.2) is 32.9 Å². The molecule has 1 rings (SSSR count). The van der Waals surface area contributed by atoms with E-state index in [1.165, 1.54) is 0 Å². The van der Waals surface area contributed by atoms with Crippen molar-refractivity contribution in [2.24, 2.45) is 0 Å². The smallest absolute Gasteiger partial charge is 0.211 e. The van der Waals surface area contributed by atoms with Gasteiger partial charge < -0.3 is 0 Å². The molecule has 1 heterocycles. The zero-order valence-corrected chi connectivity index (χ0v) is 20.1. The fourth-order valence-electron chi connectivity index (χ4n) is 2.96. The van der Waals surface area contributed by atoms with Crippen molar-refractivity contribution in [1.29, 1.82) is 0 Å². The SMILES string of the molecule is CC(C)(C)[Si](C)(C)N1P(F)N([Si](C)(C)C(C)(C)C)[Si]1(C)C. The average molecular weight is 367 g/mol. The Morgan fingerprint density at radius 2 is 1.00 bits per heavy atom. The van der Waals surface area contributed by atoms with Gasteiger partial charge in [-0.15, -0.1) is 0 Å². The monoisotopic (exact) mass is 366 g/mol. The Morgan fingerprint density at radius 1 is 0.762 bits per heavy atom. The van der Waals surface area contributed by atoms with Crippen LogP contribution < -0.4 is 0 Å². The molecule has 0 amide bonds. The topological polar surface area (TPSA) is 6.48 Å². The van der Waals surface area contributed by atoms with Gasteiger partial charge >= 0.3 is 0 Å². The van der Waals surface area contributed by atoms with E-state index >= 15 is 4.20 Å². The van der Waals surface area contributed by atoms with Crippen molar-refractivity contribution in [3.63, 3.8) is 0 Å². The molecule has 0 N–H and O–H groups in total. The minimum atomic E-state index is -1.82. The second kappa shape index (κ2) is 5.21. The van der Waals surface area contributed by atoms with Crippen LogP contribution in [0.25, 0.3) is 0 Å². The summed E-state index contributed by atoms with van der Waals surface area (Å²) in [4.78, 5) is 0. The molecular weight excluding hydrogens is 330 g/mol. The lowest BCUT2D eigenvalue weighted by molar-refractivity contribution is 0.553. The summed E-state index contributed by atoms with van der Waals surface area (Å²) in [6.45, 7) is 27.9. The molecule has 7 heteroatoms. The van der Waals surface area contributed by atoms with Crippen LogP contribution in [0.4, 0.5) is 4.20 Å². The van der Waals surface area contributed by atoms with Crippen LogP contribution in [0.15, 0.2) is 0 Å². The molecule has 0 atom stereocenters. The van der Waals surface area contributed by atoms with Gasteiger partial charge in [0.1, 0.15) is 16.5 Å².